The number of ether oxygens (including phenoxy) is 1. The van der Waals surface area contributed by atoms with E-state index in [4.69, 9.17) is 4.74 Å². The highest BCUT2D eigenvalue weighted by atomic mass is 19.1. The molecule has 10 heteroatoms. The molecular weight excluding hydrogens is 388 g/mol. The Labute approximate surface area is 164 Å². The van der Waals surface area contributed by atoms with Crippen LogP contribution in [0.5, 0.6) is 0 Å². The highest BCUT2D eigenvalue weighted by molar-refractivity contribution is 5.99. The largest absolute Gasteiger partial charge is 0.452 e. The number of hydrogen-bond donors (Lipinski definition) is 3. The SMILES string of the molecule is CC(=O)Nc1cc(NC(C)=O)cc(C(=O)OCC(=O)Nc2ccc(F)cc2F)c1. The van der Waals surface area contributed by atoms with Crippen molar-refractivity contribution in [2.24, 2.45) is 0 Å². The number of anilines is 3. The number of rotatable bonds is 6. The zero-order valence-corrected chi connectivity index (χ0v) is 15.5. The number of esters is 1. The van der Waals surface area contributed by atoms with Crippen LogP contribution in [0.2, 0.25) is 0 Å². The fourth-order valence-electron chi connectivity index (χ4n) is 2.29. The molecule has 2 aromatic carbocycles. The summed E-state index contributed by atoms with van der Waals surface area (Å²) in [6, 6.07) is 6.62. The van der Waals surface area contributed by atoms with Crippen molar-refractivity contribution in [1.82, 2.24) is 0 Å². The lowest BCUT2D eigenvalue weighted by atomic mass is 10.1. The van der Waals surface area contributed by atoms with Crippen molar-refractivity contribution in [2.75, 3.05) is 22.6 Å². The molecule has 0 aliphatic heterocycles. The van der Waals surface area contributed by atoms with Crippen molar-refractivity contribution in [3.05, 3.63) is 53.6 Å². The fraction of sp³-hybridized carbons (Fsp3) is 0.158. The van der Waals surface area contributed by atoms with E-state index in [1.807, 2.05) is 0 Å². The van der Waals surface area contributed by atoms with Gasteiger partial charge in [-0.25, -0.2) is 13.6 Å². The van der Waals surface area contributed by atoms with Crippen LogP contribution in [-0.2, 0) is 19.1 Å². The molecule has 0 aliphatic rings. The minimum atomic E-state index is -0.979. The molecule has 152 valence electrons. The number of hydrogen-bond acceptors (Lipinski definition) is 5. The van der Waals surface area contributed by atoms with Crippen molar-refractivity contribution in [3.8, 4) is 0 Å². The third-order valence-corrected chi connectivity index (χ3v) is 3.35. The van der Waals surface area contributed by atoms with E-state index >= 15 is 0 Å². The third kappa shape index (κ3) is 6.69. The molecule has 0 spiro atoms. The zero-order valence-electron chi connectivity index (χ0n) is 15.5. The van der Waals surface area contributed by atoms with Crippen LogP contribution in [-0.4, -0.2) is 30.3 Å². The molecule has 0 heterocycles. The highest BCUT2D eigenvalue weighted by Gasteiger charge is 2.15. The van der Waals surface area contributed by atoms with Crippen LogP contribution in [0.4, 0.5) is 25.8 Å². The van der Waals surface area contributed by atoms with Gasteiger partial charge in [-0.05, 0) is 30.3 Å². The van der Waals surface area contributed by atoms with Gasteiger partial charge in [0.25, 0.3) is 5.91 Å². The van der Waals surface area contributed by atoms with E-state index in [0.717, 1.165) is 12.1 Å². The van der Waals surface area contributed by atoms with Crippen molar-refractivity contribution in [1.29, 1.82) is 0 Å². The summed E-state index contributed by atoms with van der Waals surface area (Å²) in [6.45, 7) is 1.79. The second-order valence-electron chi connectivity index (χ2n) is 5.91. The predicted octanol–water partition coefficient (Wildman–Crippen LogP) is 2.68. The summed E-state index contributed by atoms with van der Waals surface area (Å²) in [6.07, 6.45) is 0. The molecule has 3 N–H and O–H groups in total. The molecule has 2 rings (SSSR count). The Morgan fingerprint density at radius 3 is 1.97 bits per heavy atom. The molecule has 0 bridgehead atoms. The number of benzene rings is 2. The maximum Gasteiger partial charge on any atom is 0.338 e. The second-order valence-corrected chi connectivity index (χ2v) is 5.91. The Kier molecular flexibility index (Phi) is 6.96. The zero-order chi connectivity index (χ0) is 21.6. The summed E-state index contributed by atoms with van der Waals surface area (Å²) in [5, 5.41) is 7.09. The summed E-state index contributed by atoms with van der Waals surface area (Å²) in [5.74, 6) is -4.34. The van der Waals surface area contributed by atoms with Crippen LogP contribution in [0.3, 0.4) is 0 Å². The van der Waals surface area contributed by atoms with Gasteiger partial charge in [-0.15, -0.1) is 0 Å². The molecule has 0 aromatic heterocycles. The van der Waals surface area contributed by atoms with Gasteiger partial charge in [-0.2, -0.15) is 0 Å². The maximum atomic E-state index is 13.5. The van der Waals surface area contributed by atoms with E-state index in [-0.39, 0.29) is 22.6 Å². The van der Waals surface area contributed by atoms with Crippen LogP contribution in [0, 0.1) is 11.6 Å². The van der Waals surface area contributed by atoms with Crippen molar-refractivity contribution < 1.29 is 32.7 Å². The van der Waals surface area contributed by atoms with Gasteiger partial charge < -0.3 is 20.7 Å². The van der Waals surface area contributed by atoms with Crippen LogP contribution in [0.15, 0.2) is 36.4 Å². The van der Waals surface area contributed by atoms with E-state index in [1.54, 1.807) is 0 Å². The molecule has 0 fully saturated rings. The topological polar surface area (TPSA) is 114 Å². The Hall–Kier alpha value is -3.82. The lowest BCUT2D eigenvalue weighted by Crippen LogP contribution is -2.21. The summed E-state index contributed by atoms with van der Waals surface area (Å²) < 4.78 is 31.3. The molecule has 3 amide bonds. The van der Waals surface area contributed by atoms with E-state index in [9.17, 15) is 28.0 Å². The Bertz CT molecular complexity index is 944. The number of carbonyl (C=O) groups excluding carboxylic acids is 4. The molecule has 0 atom stereocenters. The number of nitrogens with one attached hydrogen (secondary N) is 3. The van der Waals surface area contributed by atoms with Gasteiger partial charge in [0, 0.05) is 31.3 Å². The van der Waals surface area contributed by atoms with E-state index < -0.39 is 41.9 Å². The molecule has 29 heavy (non-hydrogen) atoms. The molecule has 0 saturated heterocycles. The summed E-state index contributed by atoms with van der Waals surface area (Å²) in [4.78, 5) is 46.6. The first-order valence-corrected chi connectivity index (χ1v) is 8.26. The van der Waals surface area contributed by atoms with Crippen molar-refractivity contribution in [2.45, 2.75) is 13.8 Å². The molecule has 8 nitrogen and oxygen atoms in total. The average Bonchev–Trinajstić information content (AvgIpc) is 2.60. The highest BCUT2D eigenvalue weighted by Crippen LogP contribution is 2.20. The smallest absolute Gasteiger partial charge is 0.338 e. The number of amides is 3. The van der Waals surface area contributed by atoms with Crippen LogP contribution < -0.4 is 16.0 Å². The molecular formula is C19H17F2N3O5. The molecule has 0 radical (unpaired) electrons. The minimum Gasteiger partial charge on any atom is -0.452 e. The van der Waals surface area contributed by atoms with E-state index in [2.05, 4.69) is 16.0 Å². The first-order valence-electron chi connectivity index (χ1n) is 8.26. The summed E-state index contributed by atoms with van der Waals surface area (Å²) in [7, 11) is 0. The maximum absolute atomic E-state index is 13.5. The van der Waals surface area contributed by atoms with E-state index in [0.29, 0.717) is 6.07 Å². The quantitative estimate of drug-likeness (QED) is 0.640. The number of carbonyl (C=O) groups is 4. The van der Waals surface area contributed by atoms with Gasteiger partial charge >= 0.3 is 5.97 Å². The van der Waals surface area contributed by atoms with Crippen molar-refractivity contribution >= 4 is 40.8 Å². The summed E-state index contributed by atoms with van der Waals surface area (Å²) >= 11 is 0. The predicted molar refractivity (Wildman–Crippen MR) is 100 cm³/mol. The van der Waals surface area contributed by atoms with Crippen LogP contribution >= 0.6 is 0 Å². The van der Waals surface area contributed by atoms with Crippen LogP contribution in [0.25, 0.3) is 0 Å². The van der Waals surface area contributed by atoms with Crippen molar-refractivity contribution in [3.63, 3.8) is 0 Å². The van der Waals surface area contributed by atoms with E-state index in [1.165, 1.54) is 32.0 Å². The van der Waals surface area contributed by atoms with Gasteiger partial charge in [0.2, 0.25) is 11.8 Å². The Balaban J connectivity index is 2.07. The summed E-state index contributed by atoms with van der Waals surface area (Å²) in [5.41, 5.74) is 0.149. The lowest BCUT2D eigenvalue weighted by molar-refractivity contribution is -0.119. The lowest BCUT2D eigenvalue weighted by Gasteiger charge is -2.11. The average molecular weight is 405 g/mol. The molecule has 2 aromatic rings. The normalized spacial score (nSPS) is 10.1. The Morgan fingerprint density at radius 1 is 0.862 bits per heavy atom. The molecule has 0 unspecified atom stereocenters. The second kappa shape index (κ2) is 9.40. The van der Waals surface area contributed by atoms with Crippen LogP contribution in [0.1, 0.15) is 24.2 Å². The minimum absolute atomic E-state index is 0.0410. The first-order chi connectivity index (χ1) is 13.6. The van der Waals surface area contributed by atoms with Gasteiger partial charge in [-0.3, -0.25) is 14.4 Å². The first kappa shape index (κ1) is 21.5. The van der Waals surface area contributed by atoms with Gasteiger partial charge in [0.05, 0.1) is 11.3 Å². The number of halogens is 2. The third-order valence-electron chi connectivity index (χ3n) is 3.35. The van der Waals surface area contributed by atoms with Gasteiger partial charge in [0.15, 0.2) is 6.61 Å². The standard InChI is InChI=1S/C19H17F2N3O5/c1-10(25)22-14-5-12(6-15(8-14)23-11(2)26)19(28)29-9-18(27)24-17-4-3-13(20)7-16(17)21/h3-8H,9H2,1-2H3,(H,22,25)(H,23,26)(H,24,27). The van der Waals surface area contributed by atoms with Gasteiger partial charge in [0.1, 0.15) is 11.6 Å². The molecule has 0 saturated carbocycles. The molecule has 0 aliphatic carbocycles. The monoisotopic (exact) mass is 405 g/mol. The Morgan fingerprint density at radius 2 is 1.45 bits per heavy atom. The van der Waals surface area contributed by atoms with Gasteiger partial charge in [-0.1, -0.05) is 0 Å². The fourth-order valence-corrected chi connectivity index (χ4v) is 2.29.